The second-order valence-electron chi connectivity index (χ2n) is 9.82. The molecule has 1 aliphatic rings. The first kappa shape index (κ1) is 29.0. The number of rotatable bonds is 9. The second-order valence-corrected chi connectivity index (χ2v) is 11.5. The van der Waals surface area contributed by atoms with Crippen molar-refractivity contribution in [3.8, 4) is 0 Å². The van der Waals surface area contributed by atoms with Crippen LogP contribution in [0.4, 0.5) is 22.0 Å². The number of alkyl halides is 3. The average Bonchev–Trinajstić information content (AvgIpc) is 3.40. The number of aliphatic hydroxyl groups is 1. The van der Waals surface area contributed by atoms with Crippen LogP contribution in [0.1, 0.15) is 49.3 Å². The summed E-state index contributed by atoms with van der Waals surface area (Å²) in [5, 5.41) is 15.6. The lowest BCUT2D eigenvalue weighted by Gasteiger charge is -2.37. The summed E-state index contributed by atoms with van der Waals surface area (Å²) in [6.07, 6.45) is 9.80. The van der Waals surface area contributed by atoms with E-state index in [4.69, 9.17) is 0 Å². The van der Waals surface area contributed by atoms with Crippen LogP contribution in [-0.2, 0) is 18.3 Å². The minimum absolute atomic E-state index is 0.0208. The molecule has 0 amide bonds. The van der Waals surface area contributed by atoms with Gasteiger partial charge in [0.2, 0.25) is 0 Å². The Morgan fingerprint density at radius 1 is 1.05 bits per heavy atom. The number of allylic oxidation sites excluding steroid dienone is 3. The van der Waals surface area contributed by atoms with E-state index in [1.54, 1.807) is 17.8 Å². The van der Waals surface area contributed by atoms with E-state index in [1.165, 1.54) is 35.5 Å². The molecule has 1 aliphatic carbocycles. The number of aromatic nitrogens is 3. The molecular weight excluding hydrogens is 533 g/mol. The Morgan fingerprint density at radius 3 is 2.38 bits per heavy atom. The van der Waals surface area contributed by atoms with Gasteiger partial charge in [-0.1, -0.05) is 49.4 Å². The fourth-order valence-electron chi connectivity index (χ4n) is 4.82. The van der Waals surface area contributed by atoms with Gasteiger partial charge in [0, 0.05) is 22.1 Å². The third-order valence-corrected chi connectivity index (χ3v) is 8.73. The van der Waals surface area contributed by atoms with E-state index in [1.807, 2.05) is 19.1 Å². The first-order valence-corrected chi connectivity index (χ1v) is 13.7. The normalized spacial score (nSPS) is 20.9. The van der Waals surface area contributed by atoms with E-state index in [-0.39, 0.29) is 17.4 Å². The van der Waals surface area contributed by atoms with Crippen LogP contribution in [0.15, 0.2) is 73.3 Å². The molecule has 0 saturated heterocycles. The highest BCUT2D eigenvalue weighted by molar-refractivity contribution is 8.00. The van der Waals surface area contributed by atoms with Gasteiger partial charge in [0.1, 0.15) is 29.9 Å². The summed E-state index contributed by atoms with van der Waals surface area (Å²) in [5.74, 6) is -1.14. The van der Waals surface area contributed by atoms with Gasteiger partial charge in [0.05, 0.1) is 12.1 Å². The quantitative estimate of drug-likeness (QED) is 0.218. The van der Waals surface area contributed by atoms with E-state index < -0.39 is 34.2 Å². The Bertz CT molecular complexity index is 1270. The number of thioether (sulfide) groups is 1. The Labute approximate surface area is 228 Å². The summed E-state index contributed by atoms with van der Waals surface area (Å²) in [6.45, 7) is 1.83. The van der Waals surface area contributed by atoms with Crippen LogP contribution in [-0.4, -0.2) is 30.4 Å². The maximum Gasteiger partial charge on any atom is 0.416 e. The standard InChI is InChI=1S/C29H30F5N3OS/c1-20(28(38,17-37-19-35-18-36-37)26-15-12-24(30)16-27(26)31)39-25-13-8-22(9-14-25)5-3-2-4-21-6-10-23(11-7-21)29(32,33)34/h2-7,10-12,15-16,18-20,22,25,38H,8-9,13-14,17H2,1H3/b4-2+,5-3+/t20-,22-,25-,28-/m1/s1. The van der Waals surface area contributed by atoms with Gasteiger partial charge in [-0.15, -0.1) is 0 Å². The fraction of sp³-hybridized carbons (Fsp3) is 0.379. The van der Waals surface area contributed by atoms with Crippen molar-refractivity contribution in [1.29, 1.82) is 0 Å². The molecule has 3 aromatic rings. The third kappa shape index (κ3) is 7.57. The molecule has 39 heavy (non-hydrogen) atoms. The smallest absolute Gasteiger partial charge is 0.382 e. The van der Waals surface area contributed by atoms with Crippen molar-refractivity contribution in [1.82, 2.24) is 14.8 Å². The van der Waals surface area contributed by atoms with Gasteiger partial charge in [-0.3, -0.25) is 0 Å². The van der Waals surface area contributed by atoms with Gasteiger partial charge in [-0.2, -0.15) is 30.0 Å². The van der Waals surface area contributed by atoms with E-state index >= 15 is 0 Å². The Hall–Kier alpha value is -2.98. The number of hydrogen-bond acceptors (Lipinski definition) is 4. The maximum absolute atomic E-state index is 14.8. The lowest BCUT2D eigenvalue weighted by Crippen LogP contribution is -2.42. The average molecular weight is 564 g/mol. The molecule has 1 N–H and O–H groups in total. The Balaban J connectivity index is 1.33. The zero-order chi connectivity index (χ0) is 28.0. The third-order valence-electron chi connectivity index (χ3n) is 7.08. The first-order chi connectivity index (χ1) is 18.5. The summed E-state index contributed by atoms with van der Waals surface area (Å²) in [5.41, 5.74) is -1.58. The van der Waals surface area contributed by atoms with Crippen LogP contribution in [0, 0.1) is 17.6 Å². The van der Waals surface area contributed by atoms with Gasteiger partial charge in [-0.25, -0.2) is 18.4 Å². The second kappa shape index (κ2) is 12.5. The van der Waals surface area contributed by atoms with E-state index in [9.17, 15) is 27.1 Å². The van der Waals surface area contributed by atoms with Crippen LogP contribution in [0.5, 0.6) is 0 Å². The molecule has 1 aromatic heterocycles. The van der Waals surface area contributed by atoms with Gasteiger partial charge >= 0.3 is 6.18 Å². The lowest BCUT2D eigenvalue weighted by molar-refractivity contribution is -0.137. The number of nitrogens with zero attached hydrogens (tertiary/aromatic N) is 3. The maximum atomic E-state index is 14.8. The van der Waals surface area contributed by atoms with Crippen molar-refractivity contribution >= 4 is 17.8 Å². The van der Waals surface area contributed by atoms with Gasteiger partial charge < -0.3 is 5.11 Å². The summed E-state index contributed by atoms with van der Waals surface area (Å²) in [6, 6.07) is 8.24. The van der Waals surface area contributed by atoms with Crippen molar-refractivity contribution in [2.24, 2.45) is 5.92 Å². The fourth-order valence-corrected chi connectivity index (χ4v) is 6.37. The number of benzene rings is 2. The molecule has 4 nitrogen and oxygen atoms in total. The summed E-state index contributed by atoms with van der Waals surface area (Å²) in [4.78, 5) is 3.91. The molecular formula is C29H30F5N3OS. The molecule has 0 aliphatic heterocycles. The molecule has 0 spiro atoms. The summed E-state index contributed by atoms with van der Waals surface area (Å²) >= 11 is 1.60. The molecule has 1 fully saturated rings. The van der Waals surface area contributed by atoms with Gasteiger partial charge in [0.15, 0.2) is 0 Å². The number of halogens is 5. The number of hydrogen-bond donors (Lipinski definition) is 1. The minimum atomic E-state index is -4.34. The Kier molecular flexibility index (Phi) is 9.27. The zero-order valence-electron chi connectivity index (χ0n) is 21.4. The molecule has 0 unspecified atom stereocenters. The highest BCUT2D eigenvalue weighted by Crippen LogP contribution is 2.42. The molecule has 2 atom stereocenters. The van der Waals surface area contributed by atoms with E-state index in [2.05, 4.69) is 16.2 Å². The monoisotopic (exact) mass is 563 g/mol. The molecule has 0 bridgehead atoms. The molecule has 1 saturated carbocycles. The van der Waals surface area contributed by atoms with Crippen LogP contribution in [0.3, 0.4) is 0 Å². The molecule has 0 radical (unpaired) electrons. The summed E-state index contributed by atoms with van der Waals surface area (Å²) in [7, 11) is 0. The highest BCUT2D eigenvalue weighted by atomic mass is 32.2. The van der Waals surface area contributed by atoms with Crippen molar-refractivity contribution in [2.45, 2.75) is 61.4 Å². The van der Waals surface area contributed by atoms with Gasteiger partial charge in [0.25, 0.3) is 0 Å². The predicted octanol–water partition coefficient (Wildman–Crippen LogP) is 7.41. The molecule has 4 rings (SSSR count). The zero-order valence-corrected chi connectivity index (χ0v) is 22.2. The topological polar surface area (TPSA) is 50.9 Å². The lowest BCUT2D eigenvalue weighted by atomic mass is 9.88. The van der Waals surface area contributed by atoms with Crippen molar-refractivity contribution in [3.63, 3.8) is 0 Å². The van der Waals surface area contributed by atoms with Crippen molar-refractivity contribution in [3.05, 3.63) is 102 Å². The van der Waals surface area contributed by atoms with Crippen LogP contribution in [0.2, 0.25) is 0 Å². The minimum Gasteiger partial charge on any atom is -0.382 e. The molecule has 2 aromatic carbocycles. The van der Waals surface area contributed by atoms with Gasteiger partial charge in [-0.05, 0) is 55.4 Å². The SMILES string of the molecule is C[C@@H](S[C@H]1CC[C@H](/C=C/C=C/c2ccc(C(F)(F)F)cc2)CC1)[C@](O)(Cn1cncn1)c1ccc(F)cc1F. The molecule has 208 valence electrons. The highest BCUT2D eigenvalue weighted by Gasteiger charge is 2.41. The van der Waals surface area contributed by atoms with E-state index in [0.717, 1.165) is 49.9 Å². The van der Waals surface area contributed by atoms with Crippen LogP contribution in [0.25, 0.3) is 6.08 Å². The summed E-state index contributed by atoms with van der Waals surface area (Å²) < 4.78 is 67.9. The van der Waals surface area contributed by atoms with Crippen molar-refractivity contribution in [2.75, 3.05) is 0 Å². The van der Waals surface area contributed by atoms with E-state index in [0.29, 0.717) is 11.5 Å². The molecule has 10 heteroatoms. The first-order valence-electron chi connectivity index (χ1n) is 12.7. The predicted molar refractivity (Wildman–Crippen MR) is 143 cm³/mol. The molecule has 1 heterocycles. The Morgan fingerprint density at radius 2 is 1.77 bits per heavy atom. The largest absolute Gasteiger partial charge is 0.416 e. The van der Waals surface area contributed by atoms with Crippen LogP contribution < -0.4 is 0 Å². The van der Waals surface area contributed by atoms with Crippen molar-refractivity contribution < 1.29 is 27.1 Å². The van der Waals surface area contributed by atoms with Crippen LogP contribution >= 0.6 is 11.8 Å².